The molecular weight excluding hydrogens is 422 g/mol. The van der Waals surface area contributed by atoms with Crippen molar-refractivity contribution in [3.05, 3.63) is 46.6 Å². The molecule has 1 amide bonds. The third-order valence-electron chi connectivity index (χ3n) is 7.62. The Morgan fingerprint density at radius 1 is 1.15 bits per heavy atom. The summed E-state index contributed by atoms with van der Waals surface area (Å²) < 4.78 is 9.90. The minimum Gasteiger partial charge on any atom is -0.457 e. The van der Waals surface area contributed by atoms with E-state index in [1.54, 1.807) is 6.20 Å². The fourth-order valence-electron chi connectivity index (χ4n) is 5.49. The maximum atomic E-state index is 12.9. The van der Waals surface area contributed by atoms with Crippen molar-refractivity contribution in [3.63, 3.8) is 0 Å². The van der Waals surface area contributed by atoms with Crippen molar-refractivity contribution in [2.75, 3.05) is 31.1 Å². The molecule has 170 valence electrons. The van der Waals surface area contributed by atoms with E-state index >= 15 is 0 Å². The van der Waals surface area contributed by atoms with Gasteiger partial charge in [-0.25, -0.2) is 14.4 Å². The van der Waals surface area contributed by atoms with Gasteiger partial charge in [0.1, 0.15) is 6.61 Å². The van der Waals surface area contributed by atoms with Gasteiger partial charge in [-0.3, -0.25) is 4.79 Å². The SMILES string of the molecule is Cc1c(CCN2CCC3(CC2)CC(=O)N(c2cnc4nonc4c2)C3)ccc2c1COC2=O. The molecule has 1 spiro atoms. The van der Waals surface area contributed by atoms with Crippen LogP contribution in [0.5, 0.6) is 0 Å². The van der Waals surface area contributed by atoms with Gasteiger partial charge in [-0.15, -0.1) is 0 Å². The molecule has 0 aliphatic carbocycles. The fraction of sp³-hybridized carbons (Fsp3) is 0.458. The Hall–Kier alpha value is -3.33. The Kier molecular flexibility index (Phi) is 4.69. The molecular formula is C24H25N5O4. The first kappa shape index (κ1) is 20.3. The topological polar surface area (TPSA) is 102 Å². The Morgan fingerprint density at radius 2 is 2.00 bits per heavy atom. The van der Waals surface area contributed by atoms with E-state index in [-0.39, 0.29) is 17.3 Å². The third kappa shape index (κ3) is 3.47. The molecule has 2 aromatic heterocycles. The van der Waals surface area contributed by atoms with Crippen molar-refractivity contribution >= 4 is 28.7 Å². The number of ether oxygens (including phenoxy) is 1. The summed E-state index contributed by atoms with van der Waals surface area (Å²) in [6.07, 6.45) is 5.21. The smallest absolute Gasteiger partial charge is 0.338 e. The van der Waals surface area contributed by atoms with Gasteiger partial charge in [0.15, 0.2) is 5.52 Å². The molecule has 0 radical (unpaired) electrons. The molecule has 3 aliphatic heterocycles. The number of cyclic esters (lactones) is 1. The summed E-state index contributed by atoms with van der Waals surface area (Å²) >= 11 is 0. The van der Waals surface area contributed by atoms with Crippen LogP contribution < -0.4 is 4.90 Å². The van der Waals surface area contributed by atoms with Crippen LogP contribution in [0.4, 0.5) is 5.69 Å². The average Bonchev–Trinajstić information content (AvgIpc) is 3.52. The monoisotopic (exact) mass is 447 g/mol. The lowest BCUT2D eigenvalue weighted by Crippen LogP contribution is -2.42. The molecule has 0 unspecified atom stereocenters. The number of benzene rings is 1. The number of amides is 1. The van der Waals surface area contributed by atoms with Gasteiger partial charge in [-0.2, -0.15) is 0 Å². The number of aromatic nitrogens is 3. The number of nitrogens with zero attached hydrogens (tertiary/aromatic N) is 5. The van der Waals surface area contributed by atoms with Crippen LogP contribution in [0, 0.1) is 12.3 Å². The van der Waals surface area contributed by atoms with Crippen LogP contribution in [0.2, 0.25) is 0 Å². The molecule has 1 aromatic carbocycles. The van der Waals surface area contributed by atoms with Gasteiger partial charge in [0, 0.05) is 25.1 Å². The van der Waals surface area contributed by atoms with Gasteiger partial charge in [0.25, 0.3) is 0 Å². The highest BCUT2D eigenvalue weighted by Gasteiger charge is 2.45. The van der Waals surface area contributed by atoms with E-state index in [0.29, 0.717) is 29.8 Å². The van der Waals surface area contributed by atoms with E-state index in [1.807, 2.05) is 17.0 Å². The maximum absolute atomic E-state index is 12.9. The first-order valence-electron chi connectivity index (χ1n) is 11.4. The zero-order chi connectivity index (χ0) is 22.6. The summed E-state index contributed by atoms with van der Waals surface area (Å²) in [5.74, 6) is -0.0684. The molecule has 3 aliphatic rings. The van der Waals surface area contributed by atoms with Crippen LogP contribution in [0.15, 0.2) is 29.0 Å². The molecule has 2 fully saturated rings. The van der Waals surface area contributed by atoms with Crippen LogP contribution in [-0.2, 0) is 22.6 Å². The molecule has 9 nitrogen and oxygen atoms in total. The van der Waals surface area contributed by atoms with E-state index in [1.165, 1.54) is 11.1 Å². The standard InChI is InChI=1S/C24H25N5O4/c1-15-16(2-3-18-19(15)13-32-23(18)31)4-7-28-8-5-24(6-9-28)11-21(30)29(14-24)17-10-20-22(25-12-17)27-33-26-20/h2-3,10,12H,4-9,11,13-14H2,1H3. The minimum absolute atomic E-state index is 0.0196. The fourth-order valence-corrected chi connectivity index (χ4v) is 5.49. The van der Waals surface area contributed by atoms with Gasteiger partial charge in [0.2, 0.25) is 11.6 Å². The second-order valence-electron chi connectivity index (χ2n) is 9.50. The number of hydrogen-bond donors (Lipinski definition) is 0. The van der Waals surface area contributed by atoms with Crippen LogP contribution in [-0.4, -0.2) is 58.3 Å². The summed E-state index contributed by atoms with van der Waals surface area (Å²) in [5, 5.41) is 7.58. The number of anilines is 1. The highest BCUT2D eigenvalue weighted by molar-refractivity contribution is 5.97. The van der Waals surface area contributed by atoms with Crippen molar-refractivity contribution in [1.82, 2.24) is 20.2 Å². The molecule has 0 N–H and O–H groups in total. The zero-order valence-electron chi connectivity index (χ0n) is 18.5. The molecule has 6 rings (SSSR count). The first-order valence-corrected chi connectivity index (χ1v) is 11.4. The number of fused-ring (bicyclic) bond motifs is 2. The number of likely N-dealkylation sites (tertiary alicyclic amines) is 1. The first-order chi connectivity index (χ1) is 16.0. The molecule has 9 heteroatoms. The Morgan fingerprint density at radius 3 is 2.85 bits per heavy atom. The lowest BCUT2D eigenvalue weighted by Gasteiger charge is -2.38. The van der Waals surface area contributed by atoms with Gasteiger partial charge in [-0.1, -0.05) is 6.07 Å². The van der Waals surface area contributed by atoms with Crippen molar-refractivity contribution < 1.29 is 19.0 Å². The van der Waals surface area contributed by atoms with Gasteiger partial charge in [-0.05, 0) is 78.3 Å². The number of pyridine rings is 1. The molecule has 2 saturated heterocycles. The van der Waals surface area contributed by atoms with Crippen LogP contribution in [0.1, 0.15) is 46.3 Å². The molecule has 5 heterocycles. The van der Waals surface area contributed by atoms with Crippen molar-refractivity contribution in [3.8, 4) is 0 Å². The van der Waals surface area contributed by atoms with Gasteiger partial charge in [0.05, 0.1) is 17.4 Å². The average molecular weight is 447 g/mol. The van der Waals surface area contributed by atoms with Crippen molar-refractivity contribution in [1.29, 1.82) is 0 Å². The molecule has 3 aromatic rings. The summed E-state index contributed by atoms with van der Waals surface area (Å²) in [6.45, 7) is 6.13. The summed E-state index contributed by atoms with van der Waals surface area (Å²) in [6, 6.07) is 5.79. The molecule has 0 atom stereocenters. The van der Waals surface area contributed by atoms with Crippen LogP contribution in [0.3, 0.4) is 0 Å². The number of piperidine rings is 1. The summed E-state index contributed by atoms with van der Waals surface area (Å²) in [5.41, 5.74) is 5.99. The highest BCUT2D eigenvalue weighted by atomic mass is 16.6. The predicted molar refractivity (Wildman–Crippen MR) is 119 cm³/mol. The van der Waals surface area contributed by atoms with E-state index in [4.69, 9.17) is 9.37 Å². The highest BCUT2D eigenvalue weighted by Crippen LogP contribution is 2.42. The third-order valence-corrected chi connectivity index (χ3v) is 7.62. The quantitative estimate of drug-likeness (QED) is 0.563. The lowest BCUT2D eigenvalue weighted by molar-refractivity contribution is -0.118. The van der Waals surface area contributed by atoms with E-state index in [0.717, 1.165) is 56.7 Å². The maximum Gasteiger partial charge on any atom is 0.338 e. The predicted octanol–water partition coefficient (Wildman–Crippen LogP) is 2.66. The number of rotatable bonds is 4. The number of esters is 1. The largest absolute Gasteiger partial charge is 0.457 e. The van der Waals surface area contributed by atoms with Crippen LogP contribution in [0.25, 0.3) is 11.2 Å². The Labute approximate surface area is 190 Å². The molecule has 0 bridgehead atoms. The van der Waals surface area contributed by atoms with Gasteiger partial charge < -0.3 is 14.5 Å². The number of carbonyl (C=O) groups is 2. The molecule has 33 heavy (non-hydrogen) atoms. The lowest BCUT2D eigenvalue weighted by atomic mass is 9.77. The van der Waals surface area contributed by atoms with Gasteiger partial charge >= 0.3 is 5.97 Å². The van der Waals surface area contributed by atoms with Crippen molar-refractivity contribution in [2.24, 2.45) is 5.41 Å². The van der Waals surface area contributed by atoms with Crippen LogP contribution >= 0.6 is 0 Å². The minimum atomic E-state index is -0.213. The summed E-state index contributed by atoms with van der Waals surface area (Å²) in [4.78, 5) is 33.2. The van der Waals surface area contributed by atoms with Crippen molar-refractivity contribution in [2.45, 2.75) is 39.2 Å². The normalized spacial score (nSPS) is 20.1. The second kappa shape index (κ2) is 7.62. The van der Waals surface area contributed by atoms with E-state index in [9.17, 15) is 9.59 Å². The molecule has 0 saturated carbocycles. The number of carbonyl (C=O) groups excluding carboxylic acids is 2. The zero-order valence-corrected chi connectivity index (χ0v) is 18.5. The summed E-state index contributed by atoms with van der Waals surface area (Å²) in [7, 11) is 0. The van der Waals surface area contributed by atoms with E-state index in [2.05, 4.69) is 33.2 Å². The Balaban J connectivity index is 1.08. The number of hydrogen-bond acceptors (Lipinski definition) is 8. The second-order valence-corrected chi connectivity index (χ2v) is 9.50. The Bertz CT molecular complexity index is 1260. The van der Waals surface area contributed by atoms with E-state index < -0.39 is 0 Å².